The van der Waals surface area contributed by atoms with Crippen LogP contribution in [0, 0.1) is 0 Å². The molecule has 0 radical (unpaired) electrons. The molecule has 2 heterocycles. The minimum Gasteiger partial charge on any atom is -0.387 e. The molecule has 0 aliphatic carbocycles. The van der Waals surface area contributed by atoms with Gasteiger partial charge in [-0.2, -0.15) is 13.2 Å². The van der Waals surface area contributed by atoms with Gasteiger partial charge in [-0.15, -0.1) is 0 Å². The van der Waals surface area contributed by atoms with Gasteiger partial charge in [0.2, 0.25) is 0 Å². The Balaban J connectivity index is 1.25. The van der Waals surface area contributed by atoms with Gasteiger partial charge in [0.15, 0.2) is 0 Å². The van der Waals surface area contributed by atoms with Crippen molar-refractivity contribution in [1.82, 2.24) is 15.2 Å². The Labute approximate surface area is 237 Å². The van der Waals surface area contributed by atoms with E-state index >= 15 is 0 Å². The van der Waals surface area contributed by atoms with Gasteiger partial charge in [-0.25, -0.2) is 13.2 Å². The third-order valence-electron chi connectivity index (χ3n) is 6.65. The van der Waals surface area contributed by atoms with E-state index in [2.05, 4.69) is 15.0 Å². The number of benzene rings is 2. The number of sulfonamides is 1. The molecule has 0 spiro atoms. The van der Waals surface area contributed by atoms with E-state index in [1.54, 1.807) is 30.6 Å². The summed E-state index contributed by atoms with van der Waals surface area (Å²) in [5, 5.41) is 13.4. The van der Waals surface area contributed by atoms with Gasteiger partial charge < -0.3 is 15.3 Å². The number of anilines is 2. The molecule has 13 heteroatoms. The first-order valence-electron chi connectivity index (χ1n) is 13.2. The van der Waals surface area contributed by atoms with Crippen LogP contribution in [0.15, 0.2) is 78.0 Å². The van der Waals surface area contributed by atoms with Crippen LogP contribution >= 0.6 is 0 Å². The van der Waals surface area contributed by atoms with Gasteiger partial charge in [-0.1, -0.05) is 18.2 Å². The summed E-state index contributed by atoms with van der Waals surface area (Å²) >= 11 is 0. The topological polar surface area (TPSA) is 115 Å². The second-order valence-corrected chi connectivity index (χ2v) is 11.4. The number of amides is 2. The number of aliphatic hydroxyl groups excluding tert-OH is 1. The molecule has 0 saturated carbocycles. The van der Waals surface area contributed by atoms with E-state index in [1.807, 2.05) is 18.2 Å². The fourth-order valence-electron chi connectivity index (χ4n) is 4.42. The molecule has 1 saturated heterocycles. The van der Waals surface area contributed by atoms with Crippen LogP contribution in [0.25, 0.3) is 0 Å². The number of pyridine rings is 1. The summed E-state index contributed by atoms with van der Waals surface area (Å²) < 4.78 is 65.5. The number of nitrogens with one attached hydrogen (secondary N) is 2. The van der Waals surface area contributed by atoms with E-state index in [1.165, 1.54) is 34.1 Å². The number of hydrogen-bond acceptors (Lipinski definition) is 6. The molecule has 9 nitrogen and oxygen atoms in total. The van der Waals surface area contributed by atoms with Gasteiger partial charge in [0.25, 0.3) is 10.0 Å². The summed E-state index contributed by atoms with van der Waals surface area (Å²) in [6.45, 7) is 1.63. The van der Waals surface area contributed by atoms with Crippen LogP contribution in [-0.2, 0) is 16.4 Å². The first kappa shape index (κ1) is 30.3. The van der Waals surface area contributed by atoms with Crippen molar-refractivity contribution < 1.29 is 31.5 Å². The lowest BCUT2D eigenvalue weighted by Crippen LogP contribution is -2.32. The van der Waals surface area contributed by atoms with Crippen LogP contribution < -0.4 is 14.9 Å². The standard InChI is InChI=1S/C28H32F3N5O4S/c29-28(30,31)13-2-16-35-17-18-36(27(35)38)24-8-10-25(11-9-24)41(39,40)34-23-6-4-21(5-7-23)12-15-33-20-26(37)22-3-1-14-32-19-22/h1,3-11,14,19,26,33-34,37H,2,12-13,15-18,20H2/t26-/m0/s1. The largest absolute Gasteiger partial charge is 0.389 e. The van der Waals surface area contributed by atoms with E-state index in [4.69, 9.17) is 0 Å². The van der Waals surface area contributed by atoms with Crippen LogP contribution in [0.4, 0.5) is 29.3 Å². The lowest BCUT2D eigenvalue weighted by molar-refractivity contribution is -0.135. The maximum Gasteiger partial charge on any atom is 0.389 e. The molecule has 220 valence electrons. The van der Waals surface area contributed by atoms with Crippen LogP contribution in [0.5, 0.6) is 0 Å². The third kappa shape index (κ3) is 8.65. The second kappa shape index (κ2) is 13.3. The number of halogens is 3. The Hall–Kier alpha value is -3.68. The third-order valence-corrected chi connectivity index (χ3v) is 8.04. The molecule has 4 rings (SSSR count). The Morgan fingerprint density at radius 1 is 1.02 bits per heavy atom. The average Bonchev–Trinajstić information content (AvgIpc) is 3.31. The molecular formula is C28H32F3N5O4S. The molecule has 0 unspecified atom stereocenters. The highest BCUT2D eigenvalue weighted by molar-refractivity contribution is 7.92. The molecule has 1 atom stereocenters. The molecule has 1 aliphatic rings. The van der Waals surface area contributed by atoms with E-state index in [-0.39, 0.29) is 17.9 Å². The van der Waals surface area contributed by atoms with E-state index in [9.17, 15) is 31.5 Å². The predicted molar refractivity (Wildman–Crippen MR) is 149 cm³/mol. The molecule has 0 bridgehead atoms. The number of carbonyl (C=O) groups excluding carboxylic acids is 1. The van der Waals surface area contributed by atoms with Crippen LogP contribution in [0.3, 0.4) is 0 Å². The lowest BCUT2D eigenvalue weighted by Gasteiger charge is -2.19. The van der Waals surface area contributed by atoms with Gasteiger partial charge in [0.1, 0.15) is 0 Å². The van der Waals surface area contributed by atoms with Crippen LogP contribution in [0.2, 0.25) is 0 Å². The molecular weight excluding hydrogens is 559 g/mol. The Morgan fingerprint density at radius 3 is 2.41 bits per heavy atom. The summed E-state index contributed by atoms with van der Waals surface area (Å²) in [6.07, 6.45) is -2.08. The molecule has 41 heavy (non-hydrogen) atoms. The number of carbonyl (C=O) groups is 1. The van der Waals surface area contributed by atoms with Crippen LogP contribution in [0.1, 0.15) is 30.1 Å². The molecule has 1 aliphatic heterocycles. The number of aliphatic hydroxyl groups is 1. The number of urea groups is 1. The number of rotatable bonds is 13. The highest BCUT2D eigenvalue weighted by Gasteiger charge is 2.32. The van der Waals surface area contributed by atoms with Crippen molar-refractivity contribution in [3.63, 3.8) is 0 Å². The summed E-state index contributed by atoms with van der Waals surface area (Å²) in [4.78, 5) is 19.4. The zero-order valence-corrected chi connectivity index (χ0v) is 23.0. The Bertz CT molecular complexity index is 1390. The Morgan fingerprint density at radius 2 is 1.76 bits per heavy atom. The zero-order valence-electron chi connectivity index (χ0n) is 22.2. The first-order chi connectivity index (χ1) is 19.5. The van der Waals surface area contributed by atoms with Gasteiger partial charge in [-0.3, -0.25) is 14.6 Å². The van der Waals surface area contributed by atoms with E-state index in [0.717, 1.165) is 11.1 Å². The van der Waals surface area contributed by atoms with Gasteiger partial charge in [-0.05, 0) is 67.4 Å². The molecule has 2 amide bonds. The van der Waals surface area contributed by atoms with Crippen molar-refractivity contribution >= 4 is 27.4 Å². The summed E-state index contributed by atoms with van der Waals surface area (Å²) in [6, 6.07) is 15.9. The molecule has 3 aromatic rings. The lowest BCUT2D eigenvalue weighted by atomic mass is 10.1. The molecule has 2 aromatic carbocycles. The maximum atomic E-state index is 12.9. The maximum absolute atomic E-state index is 12.9. The van der Waals surface area contributed by atoms with Crippen molar-refractivity contribution in [2.24, 2.45) is 0 Å². The molecule has 3 N–H and O–H groups in total. The highest BCUT2D eigenvalue weighted by Crippen LogP contribution is 2.26. The van der Waals surface area contributed by atoms with Crippen molar-refractivity contribution in [3.05, 3.63) is 84.2 Å². The number of aromatic nitrogens is 1. The van der Waals surface area contributed by atoms with Crippen LogP contribution in [-0.4, -0.2) is 68.3 Å². The van der Waals surface area contributed by atoms with Gasteiger partial charge in [0, 0.05) is 61.9 Å². The normalized spacial score (nSPS) is 14.9. The Kier molecular flexibility index (Phi) is 9.84. The predicted octanol–water partition coefficient (Wildman–Crippen LogP) is 4.33. The van der Waals surface area contributed by atoms with E-state index in [0.29, 0.717) is 44.0 Å². The number of alkyl halides is 3. The second-order valence-electron chi connectivity index (χ2n) is 9.69. The smallest absolute Gasteiger partial charge is 0.387 e. The minimum atomic E-state index is -4.26. The average molecular weight is 592 g/mol. The summed E-state index contributed by atoms with van der Waals surface area (Å²) in [5.41, 5.74) is 2.59. The van der Waals surface area contributed by atoms with Crippen molar-refractivity contribution in [1.29, 1.82) is 0 Å². The fourth-order valence-corrected chi connectivity index (χ4v) is 5.48. The fraction of sp³-hybridized carbons (Fsp3) is 0.357. The van der Waals surface area contributed by atoms with Gasteiger partial charge in [0.05, 0.1) is 11.0 Å². The highest BCUT2D eigenvalue weighted by atomic mass is 32.2. The van der Waals surface area contributed by atoms with Crippen molar-refractivity contribution in [2.45, 2.75) is 36.4 Å². The summed E-state index contributed by atoms with van der Waals surface area (Å²) in [7, 11) is -3.89. The van der Waals surface area contributed by atoms with E-state index < -0.39 is 34.8 Å². The van der Waals surface area contributed by atoms with Gasteiger partial charge >= 0.3 is 12.2 Å². The monoisotopic (exact) mass is 591 g/mol. The quantitative estimate of drug-likeness (QED) is 0.255. The van der Waals surface area contributed by atoms with Crippen molar-refractivity contribution in [3.8, 4) is 0 Å². The SMILES string of the molecule is O=C1N(CCCC(F)(F)F)CCN1c1ccc(S(=O)(=O)Nc2ccc(CCNC[C@H](O)c3cccnc3)cc2)cc1. The number of nitrogens with zero attached hydrogens (tertiary/aromatic N) is 3. The number of hydrogen-bond donors (Lipinski definition) is 3. The molecule has 1 aromatic heterocycles. The zero-order chi connectivity index (χ0) is 29.5. The minimum absolute atomic E-state index is 0.00961. The molecule has 1 fully saturated rings. The first-order valence-corrected chi connectivity index (χ1v) is 14.6. The summed E-state index contributed by atoms with van der Waals surface area (Å²) in [5.74, 6) is 0. The van der Waals surface area contributed by atoms with Crippen molar-refractivity contribution in [2.75, 3.05) is 42.3 Å².